The second-order valence-corrected chi connectivity index (χ2v) is 5.85. The summed E-state index contributed by atoms with van der Waals surface area (Å²) in [4.78, 5) is 20.2. The Labute approximate surface area is 152 Å². The number of halogens is 3. The number of hydrogen-bond donors (Lipinski definition) is 2. The monoisotopic (exact) mass is 376 g/mol. The van der Waals surface area contributed by atoms with Crippen LogP contribution in [0.3, 0.4) is 0 Å². The van der Waals surface area contributed by atoms with Gasteiger partial charge in [0.25, 0.3) is 5.91 Å². The molecule has 0 spiro atoms. The molecule has 0 bridgehead atoms. The highest BCUT2D eigenvalue weighted by Crippen LogP contribution is 2.27. The van der Waals surface area contributed by atoms with Gasteiger partial charge in [-0.2, -0.15) is 0 Å². The largest absolute Gasteiger partial charge is 0.339 e. The SMILES string of the molecule is O=C(Nc1cccc(F)c1)c1cc(Nc2ccc(Cl)cc2Cl)ncn1. The van der Waals surface area contributed by atoms with Crippen LogP contribution in [0.15, 0.2) is 54.9 Å². The van der Waals surface area contributed by atoms with Gasteiger partial charge in [0.05, 0.1) is 10.7 Å². The van der Waals surface area contributed by atoms with Crippen LogP contribution < -0.4 is 10.6 Å². The number of nitrogens with one attached hydrogen (secondary N) is 2. The Balaban J connectivity index is 1.77. The summed E-state index contributed by atoms with van der Waals surface area (Å²) in [5, 5.41) is 6.48. The summed E-state index contributed by atoms with van der Waals surface area (Å²) in [6.45, 7) is 0. The Bertz CT molecular complexity index is 936. The average molecular weight is 377 g/mol. The topological polar surface area (TPSA) is 66.9 Å². The van der Waals surface area contributed by atoms with Crippen LogP contribution in [0.25, 0.3) is 0 Å². The van der Waals surface area contributed by atoms with Crippen molar-refractivity contribution in [3.63, 3.8) is 0 Å². The molecule has 2 N–H and O–H groups in total. The predicted molar refractivity (Wildman–Crippen MR) is 96.1 cm³/mol. The molecule has 25 heavy (non-hydrogen) atoms. The van der Waals surface area contributed by atoms with Crippen molar-refractivity contribution in [3.8, 4) is 0 Å². The van der Waals surface area contributed by atoms with Crippen molar-refractivity contribution in [2.45, 2.75) is 0 Å². The molecule has 3 aromatic rings. The number of anilines is 3. The van der Waals surface area contributed by atoms with Gasteiger partial charge in [-0.1, -0.05) is 29.3 Å². The summed E-state index contributed by atoms with van der Waals surface area (Å²) in [6.07, 6.45) is 1.24. The zero-order valence-electron chi connectivity index (χ0n) is 12.6. The number of benzene rings is 2. The average Bonchev–Trinajstić information content (AvgIpc) is 2.58. The molecule has 0 saturated heterocycles. The van der Waals surface area contributed by atoms with Crippen LogP contribution in [0.2, 0.25) is 10.0 Å². The number of rotatable bonds is 4. The number of carbonyl (C=O) groups excluding carboxylic acids is 1. The second-order valence-electron chi connectivity index (χ2n) is 5.00. The minimum absolute atomic E-state index is 0.117. The first kappa shape index (κ1) is 17.1. The lowest BCUT2D eigenvalue weighted by atomic mass is 10.3. The van der Waals surface area contributed by atoms with Gasteiger partial charge < -0.3 is 10.6 Å². The Kier molecular flexibility index (Phi) is 5.11. The summed E-state index contributed by atoms with van der Waals surface area (Å²) >= 11 is 12.0. The molecule has 1 aromatic heterocycles. The van der Waals surface area contributed by atoms with Crippen LogP contribution in [0, 0.1) is 5.82 Å². The maximum absolute atomic E-state index is 13.2. The van der Waals surface area contributed by atoms with Crippen molar-refractivity contribution < 1.29 is 9.18 Å². The normalized spacial score (nSPS) is 10.4. The van der Waals surface area contributed by atoms with Crippen LogP contribution in [-0.4, -0.2) is 15.9 Å². The molecule has 0 aliphatic carbocycles. The third-order valence-corrected chi connectivity index (χ3v) is 3.72. The molecule has 0 aliphatic heterocycles. The molecule has 0 aliphatic rings. The molecule has 3 rings (SSSR count). The molecule has 0 saturated carbocycles. The number of aromatic nitrogens is 2. The van der Waals surface area contributed by atoms with Crippen LogP contribution >= 0.6 is 23.2 Å². The molecule has 8 heteroatoms. The molecule has 0 unspecified atom stereocenters. The number of hydrogen-bond acceptors (Lipinski definition) is 4. The van der Waals surface area contributed by atoms with Crippen molar-refractivity contribution in [2.24, 2.45) is 0 Å². The molecule has 126 valence electrons. The van der Waals surface area contributed by atoms with Crippen molar-refractivity contribution in [2.75, 3.05) is 10.6 Å². The molecule has 0 fully saturated rings. The summed E-state index contributed by atoms with van der Waals surface area (Å²) in [7, 11) is 0. The van der Waals surface area contributed by atoms with E-state index < -0.39 is 11.7 Å². The molecule has 2 aromatic carbocycles. The quantitative estimate of drug-likeness (QED) is 0.678. The Morgan fingerprint density at radius 1 is 1.04 bits per heavy atom. The first-order valence-corrected chi connectivity index (χ1v) is 7.88. The molecular formula is C17H11Cl2FN4O. The summed E-state index contributed by atoms with van der Waals surface area (Å²) in [6, 6.07) is 12.0. The van der Waals surface area contributed by atoms with E-state index in [9.17, 15) is 9.18 Å². The summed E-state index contributed by atoms with van der Waals surface area (Å²) in [5.74, 6) is -0.554. The third kappa shape index (κ3) is 4.43. The first-order chi connectivity index (χ1) is 12.0. The van der Waals surface area contributed by atoms with Gasteiger partial charge in [0, 0.05) is 16.8 Å². The van der Waals surface area contributed by atoms with Gasteiger partial charge in [-0.15, -0.1) is 0 Å². The lowest BCUT2D eigenvalue weighted by Crippen LogP contribution is -2.14. The highest BCUT2D eigenvalue weighted by Gasteiger charge is 2.10. The number of amides is 1. The number of nitrogens with zero attached hydrogens (tertiary/aromatic N) is 2. The minimum atomic E-state index is -0.488. The van der Waals surface area contributed by atoms with Gasteiger partial charge in [0.15, 0.2) is 0 Å². The Morgan fingerprint density at radius 2 is 1.88 bits per heavy atom. The molecule has 1 heterocycles. The predicted octanol–water partition coefficient (Wildman–Crippen LogP) is 4.92. The van der Waals surface area contributed by atoms with E-state index in [-0.39, 0.29) is 5.69 Å². The maximum atomic E-state index is 13.2. The van der Waals surface area contributed by atoms with Gasteiger partial charge in [-0.25, -0.2) is 14.4 Å². The zero-order chi connectivity index (χ0) is 17.8. The lowest BCUT2D eigenvalue weighted by Gasteiger charge is -2.09. The van der Waals surface area contributed by atoms with Crippen molar-refractivity contribution in [3.05, 3.63) is 76.4 Å². The van der Waals surface area contributed by atoms with Gasteiger partial charge in [0.2, 0.25) is 0 Å². The summed E-state index contributed by atoms with van der Waals surface area (Å²) < 4.78 is 13.2. The van der Waals surface area contributed by atoms with E-state index >= 15 is 0 Å². The lowest BCUT2D eigenvalue weighted by molar-refractivity contribution is 0.102. The van der Waals surface area contributed by atoms with Crippen LogP contribution in [0.4, 0.5) is 21.6 Å². The number of carbonyl (C=O) groups is 1. The standard InChI is InChI=1S/C17H11Cl2FN4O/c18-10-4-5-14(13(19)6-10)24-16-8-15(21-9-22-16)17(25)23-12-3-1-2-11(20)7-12/h1-9H,(H,23,25)(H,21,22,24). The van der Waals surface area contributed by atoms with Gasteiger partial charge in [0.1, 0.15) is 23.7 Å². The zero-order valence-corrected chi connectivity index (χ0v) is 14.1. The fraction of sp³-hybridized carbons (Fsp3) is 0. The van der Waals surface area contributed by atoms with E-state index in [1.807, 2.05) is 0 Å². The van der Waals surface area contributed by atoms with E-state index in [1.165, 1.54) is 30.6 Å². The first-order valence-electron chi connectivity index (χ1n) is 7.12. The van der Waals surface area contributed by atoms with E-state index in [1.54, 1.807) is 24.3 Å². The molecule has 5 nitrogen and oxygen atoms in total. The molecule has 1 amide bonds. The highest BCUT2D eigenvalue weighted by molar-refractivity contribution is 6.36. The fourth-order valence-corrected chi connectivity index (χ4v) is 2.50. The molecular weight excluding hydrogens is 366 g/mol. The van der Waals surface area contributed by atoms with Crippen molar-refractivity contribution >= 4 is 46.3 Å². The van der Waals surface area contributed by atoms with Crippen LogP contribution in [-0.2, 0) is 0 Å². The van der Waals surface area contributed by atoms with E-state index in [0.717, 1.165) is 0 Å². The minimum Gasteiger partial charge on any atom is -0.339 e. The summed E-state index contributed by atoms with van der Waals surface area (Å²) in [5.41, 5.74) is 1.03. The van der Waals surface area contributed by atoms with Crippen molar-refractivity contribution in [1.29, 1.82) is 0 Å². The van der Waals surface area contributed by atoms with Gasteiger partial charge in [-0.05, 0) is 36.4 Å². The van der Waals surface area contributed by atoms with Crippen LogP contribution in [0.5, 0.6) is 0 Å². The van der Waals surface area contributed by atoms with E-state index in [0.29, 0.717) is 27.2 Å². The fourth-order valence-electron chi connectivity index (χ4n) is 2.04. The van der Waals surface area contributed by atoms with Gasteiger partial charge in [-0.3, -0.25) is 4.79 Å². The Hall–Kier alpha value is -2.70. The highest BCUT2D eigenvalue weighted by atomic mass is 35.5. The van der Waals surface area contributed by atoms with Gasteiger partial charge >= 0.3 is 0 Å². The molecule has 0 radical (unpaired) electrons. The van der Waals surface area contributed by atoms with E-state index in [2.05, 4.69) is 20.6 Å². The van der Waals surface area contributed by atoms with E-state index in [4.69, 9.17) is 23.2 Å². The maximum Gasteiger partial charge on any atom is 0.274 e. The van der Waals surface area contributed by atoms with Crippen LogP contribution in [0.1, 0.15) is 10.5 Å². The van der Waals surface area contributed by atoms with Crippen molar-refractivity contribution in [1.82, 2.24) is 9.97 Å². The third-order valence-electron chi connectivity index (χ3n) is 3.18. The Morgan fingerprint density at radius 3 is 2.64 bits per heavy atom. The smallest absolute Gasteiger partial charge is 0.274 e. The second kappa shape index (κ2) is 7.46. The molecule has 0 atom stereocenters.